The number of carbonyl (C=O) groups is 2. The first kappa shape index (κ1) is 11.0. The van der Waals surface area contributed by atoms with Crippen LogP contribution in [-0.2, 0) is 9.59 Å². The molecule has 80 valence electrons. The summed E-state index contributed by atoms with van der Waals surface area (Å²) < 4.78 is 0. The maximum absolute atomic E-state index is 11.6. The van der Waals surface area contributed by atoms with Gasteiger partial charge < -0.3 is 11.1 Å². The van der Waals surface area contributed by atoms with Gasteiger partial charge in [0.2, 0.25) is 11.8 Å². The predicted molar refractivity (Wildman–Crippen MR) is 52.5 cm³/mol. The Bertz CT molecular complexity index is 230. The Kier molecular flexibility index (Phi) is 3.88. The number of carbonyl (C=O) groups excluding carboxylic acids is 2. The lowest BCUT2D eigenvalue weighted by molar-refractivity contribution is -0.128. The normalized spacial score (nSPS) is 22.2. The van der Waals surface area contributed by atoms with Crippen molar-refractivity contribution in [1.82, 2.24) is 10.2 Å². The number of rotatable bonds is 4. The lowest BCUT2D eigenvalue weighted by Crippen LogP contribution is -2.45. The largest absolute Gasteiger partial charge is 0.368 e. The number of likely N-dealkylation sites (tertiary alicyclic amines) is 1. The van der Waals surface area contributed by atoms with Crippen LogP contribution in [-0.4, -0.2) is 42.4 Å². The minimum atomic E-state index is -0.501. The van der Waals surface area contributed by atoms with Gasteiger partial charge in [-0.1, -0.05) is 6.92 Å². The summed E-state index contributed by atoms with van der Waals surface area (Å²) in [6, 6.07) is -0.0700. The molecule has 14 heavy (non-hydrogen) atoms. The Morgan fingerprint density at radius 3 is 2.86 bits per heavy atom. The average Bonchev–Trinajstić information content (AvgIpc) is 2.61. The number of likely N-dealkylation sites (N-methyl/N-ethyl adjacent to an activating group) is 1. The van der Waals surface area contributed by atoms with E-state index in [9.17, 15) is 9.59 Å². The SMILES string of the molecule is CCN1CCCC1C(=O)NCC(N)=O. The van der Waals surface area contributed by atoms with Gasteiger partial charge in [-0.3, -0.25) is 14.5 Å². The zero-order chi connectivity index (χ0) is 10.6. The van der Waals surface area contributed by atoms with E-state index in [4.69, 9.17) is 5.73 Å². The van der Waals surface area contributed by atoms with E-state index in [1.807, 2.05) is 6.92 Å². The van der Waals surface area contributed by atoms with Gasteiger partial charge in [-0.05, 0) is 25.9 Å². The number of nitrogens with zero attached hydrogens (tertiary/aromatic N) is 1. The van der Waals surface area contributed by atoms with Crippen molar-refractivity contribution in [3.63, 3.8) is 0 Å². The molecule has 0 spiro atoms. The molecule has 1 heterocycles. The molecule has 2 amide bonds. The Balaban J connectivity index is 2.39. The summed E-state index contributed by atoms with van der Waals surface area (Å²) in [5.41, 5.74) is 4.94. The number of primary amides is 1. The van der Waals surface area contributed by atoms with Gasteiger partial charge in [0.25, 0.3) is 0 Å². The van der Waals surface area contributed by atoms with Crippen molar-refractivity contribution in [2.45, 2.75) is 25.8 Å². The van der Waals surface area contributed by atoms with Gasteiger partial charge in [0.05, 0.1) is 12.6 Å². The molecule has 5 heteroatoms. The zero-order valence-electron chi connectivity index (χ0n) is 8.45. The fourth-order valence-corrected chi connectivity index (χ4v) is 1.79. The van der Waals surface area contributed by atoms with E-state index in [2.05, 4.69) is 10.2 Å². The fraction of sp³-hybridized carbons (Fsp3) is 0.778. The van der Waals surface area contributed by atoms with Crippen LogP contribution in [0.3, 0.4) is 0 Å². The highest BCUT2D eigenvalue weighted by atomic mass is 16.2. The summed E-state index contributed by atoms with van der Waals surface area (Å²) in [5.74, 6) is -0.581. The van der Waals surface area contributed by atoms with E-state index >= 15 is 0 Å². The second-order valence-electron chi connectivity index (χ2n) is 3.47. The standard InChI is InChI=1S/C9H17N3O2/c1-2-12-5-3-4-7(12)9(14)11-6-8(10)13/h7H,2-6H2,1H3,(H2,10,13)(H,11,14). The van der Waals surface area contributed by atoms with Crippen LogP contribution >= 0.6 is 0 Å². The van der Waals surface area contributed by atoms with Crippen molar-refractivity contribution in [3.8, 4) is 0 Å². The summed E-state index contributed by atoms with van der Waals surface area (Å²) in [5, 5.41) is 2.53. The molecular weight excluding hydrogens is 182 g/mol. The molecule has 1 saturated heterocycles. The molecule has 0 aromatic rings. The Morgan fingerprint density at radius 2 is 2.29 bits per heavy atom. The molecular formula is C9H17N3O2. The highest BCUT2D eigenvalue weighted by molar-refractivity contribution is 5.86. The van der Waals surface area contributed by atoms with Crippen molar-refractivity contribution >= 4 is 11.8 Å². The maximum Gasteiger partial charge on any atom is 0.237 e. The molecule has 0 aromatic carbocycles. The van der Waals surface area contributed by atoms with Gasteiger partial charge >= 0.3 is 0 Å². The highest BCUT2D eigenvalue weighted by Crippen LogP contribution is 2.16. The van der Waals surface area contributed by atoms with Crippen LogP contribution in [0.4, 0.5) is 0 Å². The average molecular weight is 199 g/mol. The van der Waals surface area contributed by atoms with Crippen molar-refractivity contribution in [2.75, 3.05) is 19.6 Å². The van der Waals surface area contributed by atoms with E-state index in [0.29, 0.717) is 0 Å². The lowest BCUT2D eigenvalue weighted by Gasteiger charge is -2.21. The van der Waals surface area contributed by atoms with Crippen molar-refractivity contribution in [1.29, 1.82) is 0 Å². The predicted octanol–water partition coefficient (Wildman–Crippen LogP) is -0.928. The van der Waals surface area contributed by atoms with Crippen LogP contribution in [0.15, 0.2) is 0 Å². The minimum Gasteiger partial charge on any atom is -0.368 e. The van der Waals surface area contributed by atoms with E-state index in [1.54, 1.807) is 0 Å². The Morgan fingerprint density at radius 1 is 1.57 bits per heavy atom. The molecule has 1 fully saturated rings. The van der Waals surface area contributed by atoms with Gasteiger partial charge in [-0.2, -0.15) is 0 Å². The summed E-state index contributed by atoms with van der Waals surface area (Å²) >= 11 is 0. The zero-order valence-corrected chi connectivity index (χ0v) is 8.45. The summed E-state index contributed by atoms with van der Waals surface area (Å²) in [4.78, 5) is 24.1. The molecule has 1 aliphatic rings. The van der Waals surface area contributed by atoms with Gasteiger partial charge in [0, 0.05) is 0 Å². The number of nitrogens with one attached hydrogen (secondary N) is 1. The Labute approximate surface area is 83.6 Å². The van der Waals surface area contributed by atoms with Crippen LogP contribution in [0.1, 0.15) is 19.8 Å². The number of nitrogens with two attached hydrogens (primary N) is 1. The first-order valence-electron chi connectivity index (χ1n) is 4.95. The van der Waals surface area contributed by atoms with Crippen LogP contribution in [0.5, 0.6) is 0 Å². The molecule has 1 unspecified atom stereocenters. The monoisotopic (exact) mass is 199 g/mol. The molecule has 0 aromatic heterocycles. The molecule has 0 radical (unpaired) electrons. The summed E-state index contributed by atoms with van der Waals surface area (Å²) in [6.07, 6.45) is 1.92. The molecule has 3 N–H and O–H groups in total. The van der Waals surface area contributed by atoms with E-state index in [-0.39, 0.29) is 18.5 Å². The Hall–Kier alpha value is -1.10. The van der Waals surface area contributed by atoms with Crippen LogP contribution in [0, 0.1) is 0 Å². The summed E-state index contributed by atoms with van der Waals surface area (Å²) in [6.45, 7) is 3.80. The van der Waals surface area contributed by atoms with E-state index in [1.165, 1.54) is 0 Å². The van der Waals surface area contributed by atoms with Crippen molar-refractivity contribution < 1.29 is 9.59 Å². The van der Waals surface area contributed by atoms with Crippen LogP contribution < -0.4 is 11.1 Å². The van der Waals surface area contributed by atoms with Gasteiger partial charge in [0.1, 0.15) is 0 Å². The molecule has 0 aliphatic carbocycles. The maximum atomic E-state index is 11.6. The number of amides is 2. The third-order valence-corrected chi connectivity index (χ3v) is 2.51. The van der Waals surface area contributed by atoms with Gasteiger partial charge in [0.15, 0.2) is 0 Å². The molecule has 1 aliphatic heterocycles. The van der Waals surface area contributed by atoms with Crippen molar-refractivity contribution in [3.05, 3.63) is 0 Å². The van der Waals surface area contributed by atoms with E-state index < -0.39 is 5.91 Å². The second-order valence-corrected chi connectivity index (χ2v) is 3.47. The molecule has 1 rings (SSSR count). The number of hydrogen-bond donors (Lipinski definition) is 2. The second kappa shape index (κ2) is 4.95. The minimum absolute atomic E-state index is 0.0626. The van der Waals surface area contributed by atoms with Crippen LogP contribution in [0.2, 0.25) is 0 Å². The molecule has 0 saturated carbocycles. The molecule has 0 bridgehead atoms. The quantitative estimate of drug-likeness (QED) is 0.614. The first-order chi connectivity index (χ1) is 6.65. The molecule has 5 nitrogen and oxygen atoms in total. The number of hydrogen-bond acceptors (Lipinski definition) is 3. The molecule has 1 atom stereocenters. The van der Waals surface area contributed by atoms with Gasteiger partial charge in [-0.15, -0.1) is 0 Å². The topological polar surface area (TPSA) is 75.4 Å². The fourth-order valence-electron chi connectivity index (χ4n) is 1.79. The van der Waals surface area contributed by atoms with E-state index in [0.717, 1.165) is 25.9 Å². The van der Waals surface area contributed by atoms with Gasteiger partial charge in [-0.25, -0.2) is 0 Å². The first-order valence-corrected chi connectivity index (χ1v) is 4.95. The van der Waals surface area contributed by atoms with Crippen LogP contribution in [0.25, 0.3) is 0 Å². The third kappa shape index (κ3) is 2.70. The lowest BCUT2D eigenvalue weighted by atomic mass is 10.2. The summed E-state index contributed by atoms with van der Waals surface area (Å²) in [7, 11) is 0. The highest BCUT2D eigenvalue weighted by Gasteiger charge is 2.29. The van der Waals surface area contributed by atoms with Crippen molar-refractivity contribution in [2.24, 2.45) is 5.73 Å². The third-order valence-electron chi connectivity index (χ3n) is 2.51. The smallest absolute Gasteiger partial charge is 0.237 e.